The van der Waals surface area contributed by atoms with Crippen molar-refractivity contribution in [1.82, 2.24) is 9.78 Å². The van der Waals surface area contributed by atoms with Gasteiger partial charge >= 0.3 is 0 Å². The zero-order chi connectivity index (χ0) is 13.4. The van der Waals surface area contributed by atoms with Crippen molar-refractivity contribution in [2.75, 3.05) is 6.54 Å². The van der Waals surface area contributed by atoms with Gasteiger partial charge in [0, 0.05) is 19.2 Å². The fourth-order valence-electron chi connectivity index (χ4n) is 2.24. The first-order valence-electron chi connectivity index (χ1n) is 6.96. The molecule has 0 aliphatic carbocycles. The Bertz CT molecular complexity index is 354. The van der Waals surface area contributed by atoms with Gasteiger partial charge in [-0.1, -0.05) is 19.8 Å². The van der Waals surface area contributed by atoms with Crippen LogP contribution in [-0.4, -0.2) is 22.1 Å². The van der Waals surface area contributed by atoms with Gasteiger partial charge in [0.2, 0.25) is 0 Å². The zero-order valence-electron chi connectivity index (χ0n) is 11.6. The molecule has 0 saturated carbocycles. The van der Waals surface area contributed by atoms with Gasteiger partial charge < -0.3 is 5.73 Å². The number of carbonyl (C=O) groups is 1. The maximum atomic E-state index is 12.0. The van der Waals surface area contributed by atoms with Crippen molar-refractivity contribution in [3.8, 4) is 0 Å². The van der Waals surface area contributed by atoms with E-state index in [1.54, 1.807) is 10.9 Å². The molecule has 0 amide bonds. The SMILES string of the molecule is CCCC(CCN)CCC(=O)c1cnn(CC)c1. The van der Waals surface area contributed by atoms with E-state index in [9.17, 15) is 4.79 Å². The summed E-state index contributed by atoms with van der Waals surface area (Å²) in [6.07, 6.45) is 8.41. The molecule has 0 saturated heterocycles. The maximum Gasteiger partial charge on any atom is 0.166 e. The Balaban J connectivity index is 2.43. The summed E-state index contributed by atoms with van der Waals surface area (Å²) in [5.41, 5.74) is 6.34. The average molecular weight is 251 g/mol. The number of rotatable bonds is 9. The minimum atomic E-state index is 0.202. The van der Waals surface area contributed by atoms with Crippen LogP contribution in [0.15, 0.2) is 12.4 Å². The topological polar surface area (TPSA) is 60.9 Å². The molecule has 2 N–H and O–H groups in total. The van der Waals surface area contributed by atoms with Crippen molar-refractivity contribution < 1.29 is 4.79 Å². The number of hydrogen-bond donors (Lipinski definition) is 1. The highest BCUT2D eigenvalue weighted by Crippen LogP contribution is 2.18. The quantitative estimate of drug-likeness (QED) is 0.686. The Morgan fingerprint density at radius 2 is 2.17 bits per heavy atom. The van der Waals surface area contributed by atoms with Gasteiger partial charge in [-0.3, -0.25) is 9.48 Å². The molecule has 1 atom stereocenters. The third-order valence-corrected chi connectivity index (χ3v) is 3.33. The fraction of sp³-hybridized carbons (Fsp3) is 0.714. The van der Waals surface area contributed by atoms with Crippen molar-refractivity contribution in [1.29, 1.82) is 0 Å². The Kier molecular flexibility index (Phi) is 6.65. The summed E-state index contributed by atoms with van der Waals surface area (Å²) in [6, 6.07) is 0. The number of carbonyl (C=O) groups excluding carboxylic acids is 1. The lowest BCUT2D eigenvalue weighted by Crippen LogP contribution is -2.10. The second-order valence-corrected chi connectivity index (χ2v) is 4.78. The van der Waals surface area contributed by atoms with E-state index in [1.165, 1.54) is 6.42 Å². The number of nitrogens with two attached hydrogens (primary N) is 1. The van der Waals surface area contributed by atoms with Crippen LogP contribution >= 0.6 is 0 Å². The molecular weight excluding hydrogens is 226 g/mol. The number of aryl methyl sites for hydroxylation is 1. The van der Waals surface area contributed by atoms with E-state index in [2.05, 4.69) is 12.0 Å². The maximum absolute atomic E-state index is 12.0. The van der Waals surface area contributed by atoms with E-state index < -0.39 is 0 Å². The summed E-state index contributed by atoms with van der Waals surface area (Å²) < 4.78 is 1.79. The van der Waals surface area contributed by atoms with Crippen LogP contribution in [0.5, 0.6) is 0 Å². The molecule has 0 fully saturated rings. The number of ketones is 1. The summed E-state index contributed by atoms with van der Waals surface area (Å²) in [5.74, 6) is 0.790. The van der Waals surface area contributed by atoms with Crippen LogP contribution in [-0.2, 0) is 6.54 Å². The van der Waals surface area contributed by atoms with Gasteiger partial charge in [0.1, 0.15) is 0 Å². The van der Waals surface area contributed by atoms with Crippen molar-refractivity contribution >= 4 is 5.78 Å². The molecule has 4 nitrogen and oxygen atoms in total. The largest absolute Gasteiger partial charge is 0.330 e. The molecule has 18 heavy (non-hydrogen) atoms. The second kappa shape index (κ2) is 8.03. The van der Waals surface area contributed by atoms with E-state index in [4.69, 9.17) is 5.73 Å². The molecule has 1 unspecified atom stereocenters. The van der Waals surface area contributed by atoms with Crippen molar-refractivity contribution in [3.63, 3.8) is 0 Å². The first-order valence-corrected chi connectivity index (χ1v) is 6.96. The molecule has 1 heterocycles. The molecule has 102 valence electrons. The lowest BCUT2D eigenvalue weighted by atomic mass is 9.93. The molecule has 0 aliphatic rings. The third-order valence-electron chi connectivity index (χ3n) is 3.33. The smallest absolute Gasteiger partial charge is 0.166 e. The summed E-state index contributed by atoms with van der Waals surface area (Å²) >= 11 is 0. The lowest BCUT2D eigenvalue weighted by Gasteiger charge is -2.13. The molecule has 0 aromatic carbocycles. The highest BCUT2D eigenvalue weighted by atomic mass is 16.1. The first kappa shape index (κ1) is 14.9. The molecule has 4 heteroatoms. The van der Waals surface area contributed by atoms with Gasteiger partial charge in [0.15, 0.2) is 5.78 Å². The highest BCUT2D eigenvalue weighted by Gasteiger charge is 2.12. The van der Waals surface area contributed by atoms with Gasteiger partial charge in [0.25, 0.3) is 0 Å². The standard InChI is InChI=1S/C14H25N3O/c1-3-5-12(8-9-15)6-7-14(18)13-10-16-17(4-2)11-13/h10-12H,3-9,15H2,1-2H3. The van der Waals surface area contributed by atoms with E-state index >= 15 is 0 Å². The molecule has 1 aromatic heterocycles. The summed E-state index contributed by atoms with van der Waals surface area (Å²) in [5, 5.41) is 4.13. The molecule has 1 rings (SSSR count). The number of nitrogens with zero attached hydrogens (tertiary/aromatic N) is 2. The highest BCUT2D eigenvalue weighted by molar-refractivity contribution is 5.95. The summed E-state index contributed by atoms with van der Waals surface area (Å²) in [7, 11) is 0. The van der Waals surface area contributed by atoms with Crippen molar-refractivity contribution in [2.45, 2.75) is 52.5 Å². The minimum Gasteiger partial charge on any atom is -0.330 e. The predicted octanol–water partition coefficient (Wildman–Crippen LogP) is 2.63. The Hall–Kier alpha value is -1.16. The monoisotopic (exact) mass is 251 g/mol. The van der Waals surface area contributed by atoms with Crippen molar-refractivity contribution in [3.05, 3.63) is 18.0 Å². The molecule has 1 aromatic rings. The third kappa shape index (κ3) is 4.61. The number of Topliss-reactive ketones (excluding diaryl/α,β-unsaturated/α-hetero) is 1. The van der Waals surface area contributed by atoms with Crippen LogP contribution in [0.3, 0.4) is 0 Å². The van der Waals surface area contributed by atoms with E-state index in [1.807, 2.05) is 13.1 Å². The van der Waals surface area contributed by atoms with Crippen LogP contribution < -0.4 is 5.73 Å². The number of aromatic nitrogens is 2. The van der Waals surface area contributed by atoms with Gasteiger partial charge in [-0.05, 0) is 32.2 Å². The van der Waals surface area contributed by atoms with E-state index in [-0.39, 0.29) is 5.78 Å². The van der Waals surface area contributed by atoms with Crippen LogP contribution in [0.4, 0.5) is 0 Å². The van der Waals surface area contributed by atoms with Crippen LogP contribution in [0.1, 0.15) is 56.3 Å². The average Bonchev–Trinajstić information content (AvgIpc) is 2.85. The first-order chi connectivity index (χ1) is 8.71. The van der Waals surface area contributed by atoms with Crippen molar-refractivity contribution in [2.24, 2.45) is 11.7 Å². The second-order valence-electron chi connectivity index (χ2n) is 4.78. The minimum absolute atomic E-state index is 0.202. The van der Waals surface area contributed by atoms with Gasteiger partial charge in [-0.25, -0.2) is 0 Å². The van der Waals surface area contributed by atoms with Crippen LogP contribution in [0.2, 0.25) is 0 Å². The summed E-state index contributed by atoms with van der Waals surface area (Å²) in [4.78, 5) is 12.0. The molecule has 0 spiro atoms. The molecule has 0 aliphatic heterocycles. The Labute approximate surface area is 110 Å². The molecular formula is C14H25N3O. The zero-order valence-corrected chi connectivity index (χ0v) is 11.6. The van der Waals surface area contributed by atoms with Gasteiger partial charge in [0.05, 0.1) is 11.8 Å². The lowest BCUT2D eigenvalue weighted by molar-refractivity contribution is 0.0972. The Morgan fingerprint density at radius 3 is 2.72 bits per heavy atom. The summed E-state index contributed by atoms with van der Waals surface area (Å²) in [6.45, 7) is 5.71. The fourth-order valence-corrected chi connectivity index (χ4v) is 2.24. The van der Waals surface area contributed by atoms with Crippen LogP contribution in [0, 0.1) is 5.92 Å². The van der Waals surface area contributed by atoms with Gasteiger partial charge in [-0.2, -0.15) is 5.10 Å². The van der Waals surface area contributed by atoms with Gasteiger partial charge in [-0.15, -0.1) is 0 Å². The van der Waals surface area contributed by atoms with E-state index in [0.29, 0.717) is 18.9 Å². The van der Waals surface area contributed by atoms with Crippen LogP contribution in [0.25, 0.3) is 0 Å². The molecule has 0 bridgehead atoms. The predicted molar refractivity (Wildman–Crippen MR) is 73.5 cm³/mol. The molecule has 0 radical (unpaired) electrons. The number of hydrogen-bond acceptors (Lipinski definition) is 3. The Morgan fingerprint density at radius 1 is 1.39 bits per heavy atom. The van der Waals surface area contributed by atoms with E-state index in [0.717, 1.165) is 31.4 Å². The normalized spacial score (nSPS) is 12.6.